The lowest BCUT2D eigenvalue weighted by Gasteiger charge is -2.24. The van der Waals surface area contributed by atoms with E-state index in [0.717, 1.165) is 12.0 Å². The molecular weight excluding hydrogens is 406 g/mol. The van der Waals surface area contributed by atoms with Gasteiger partial charge in [-0.2, -0.15) is 0 Å². The van der Waals surface area contributed by atoms with Crippen molar-refractivity contribution >= 4 is 23.6 Å². The molecule has 0 saturated carbocycles. The second-order valence-corrected chi connectivity index (χ2v) is 6.94. The Bertz CT molecular complexity index is 718. The van der Waals surface area contributed by atoms with Crippen LogP contribution in [0.4, 0.5) is 0 Å². The van der Waals surface area contributed by atoms with Crippen LogP contribution in [0.25, 0.3) is 0 Å². The Morgan fingerprint density at radius 3 is 2.63 bits per heavy atom. The van der Waals surface area contributed by atoms with Gasteiger partial charge in [-0.3, -0.25) is 9.79 Å². The molecule has 1 aromatic rings. The zero-order valence-corrected chi connectivity index (χ0v) is 19.2. The lowest BCUT2D eigenvalue weighted by Crippen LogP contribution is -2.20. The largest absolute Gasteiger partial charge is 0.511 e. The number of aliphatic hydroxyl groups is 1. The van der Waals surface area contributed by atoms with Gasteiger partial charge in [0.1, 0.15) is 11.5 Å². The summed E-state index contributed by atoms with van der Waals surface area (Å²) in [7, 11) is 1.61. The zero-order chi connectivity index (χ0) is 22.4. The number of aliphatic hydroxyl groups excluding tert-OH is 1. The van der Waals surface area contributed by atoms with Crippen molar-refractivity contribution < 1.29 is 24.1 Å². The van der Waals surface area contributed by atoms with Gasteiger partial charge in [0.05, 0.1) is 43.6 Å². The summed E-state index contributed by atoms with van der Waals surface area (Å²) < 4.78 is 16.0. The van der Waals surface area contributed by atoms with Gasteiger partial charge in [0, 0.05) is 32.1 Å². The molecule has 0 amide bonds. The van der Waals surface area contributed by atoms with Gasteiger partial charge in [0.25, 0.3) is 0 Å². The van der Waals surface area contributed by atoms with Crippen LogP contribution < -0.4 is 4.74 Å². The Kier molecular flexibility index (Phi) is 13.1. The first-order valence-electron chi connectivity index (χ1n) is 10.5. The Morgan fingerprint density at radius 2 is 1.97 bits per heavy atom. The number of nitrogens with zero attached hydrogens (tertiary/aromatic N) is 1. The zero-order valence-electron chi connectivity index (χ0n) is 18.4. The van der Waals surface area contributed by atoms with Crippen molar-refractivity contribution in [3.8, 4) is 5.75 Å². The van der Waals surface area contributed by atoms with E-state index in [1.807, 2.05) is 32.9 Å². The van der Waals surface area contributed by atoms with Crippen LogP contribution in [-0.2, 0) is 14.3 Å². The third-order valence-corrected chi connectivity index (χ3v) is 4.69. The fraction of sp³-hybridized carbons (Fsp3) is 0.565. The molecule has 2 rings (SSSR count). The smallest absolute Gasteiger partial charge is 0.168 e. The van der Waals surface area contributed by atoms with Crippen molar-refractivity contribution in [2.24, 2.45) is 4.99 Å². The maximum atomic E-state index is 12.6. The maximum Gasteiger partial charge on any atom is 0.168 e. The molecule has 1 N–H and O–H groups in total. The highest BCUT2D eigenvalue weighted by Crippen LogP contribution is 2.40. The van der Waals surface area contributed by atoms with Gasteiger partial charge in [-0.15, -0.1) is 0 Å². The Labute approximate surface area is 184 Å². The fourth-order valence-corrected chi connectivity index (χ4v) is 3.23. The molecule has 1 atom stereocenters. The Balaban J connectivity index is 0.00000218. The molecule has 1 unspecified atom stereocenters. The number of rotatable bonds is 11. The van der Waals surface area contributed by atoms with E-state index in [2.05, 4.69) is 4.99 Å². The molecule has 1 aliphatic rings. The van der Waals surface area contributed by atoms with Crippen molar-refractivity contribution in [2.45, 2.75) is 46.0 Å². The van der Waals surface area contributed by atoms with Gasteiger partial charge < -0.3 is 19.3 Å². The number of hydrogen-bond donors (Lipinski definition) is 1. The first-order valence-corrected chi connectivity index (χ1v) is 10.9. The number of methoxy groups -OCH3 is 1. The van der Waals surface area contributed by atoms with Gasteiger partial charge in [-0.1, -0.05) is 44.5 Å². The van der Waals surface area contributed by atoms with Crippen LogP contribution in [0.15, 0.2) is 34.5 Å². The van der Waals surface area contributed by atoms with E-state index in [1.54, 1.807) is 13.2 Å². The predicted molar refractivity (Wildman–Crippen MR) is 121 cm³/mol. The second-order valence-electron chi connectivity index (χ2n) is 6.54. The van der Waals surface area contributed by atoms with Crippen LogP contribution >= 0.6 is 11.6 Å². The molecular formula is C23H34ClNO5. The third kappa shape index (κ3) is 8.09. The quantitative estimate of drug-likeness (QED) is 0.381. The van der Waals surface area contributed by atoms with Crippen LogP contribution in [0, 0.1) is 0 Å². The Hall–Kier alpha value is -1.89. The molecule has 6 nitrogen and oxygen atoms in total. The number of Topliss-reactive ketones (excluding diaryl/α,β-unsaturated/α-hetero) is 1. The average molecular weight is 440 g/mol. The summed E-state index contributed by atoms with van der Waals surface area (Å²) in [6.45, 7) is 8.45. The standard InChI is InChI=1S/C21H28ClNO5.C2H6/c1-3-8-28-21-16(5-4-6-18(21)22)15-12-19(24)17(20(25)13-15)14-23-7-9-27-11-10-26-2;1-2/h4-6,14-15,24H,3,7-13H2,1-2H3;1-2H3. The highest BCUT2D eigenvalue weighted by atomic mass is 35.5. The number of aliphatic imine (C=N–C) groups is 1. The fourth-order valence-electron chi connectivity index (χ4n) is 3.00. The van der Waals surface area contributed by atoms with Crippen molar-refractivity contribution in [2.75, 3.05) is 40.1 Å². The number of allylic oxidation sites excluding steroid dienone is 2. The lowest BCUT2D eigenvalue weighted by atomic mass is 9.82. The highest BCUT2D eigenvalue weighted by molar-refractivity contribution is 6.32. The summed E-state index contributed by atoms with van der Waals surface area (Å²) in [6, 6.07) is 5.50. The number of ketones is 1. The van der Waals surface area contributed by atoms with E-state index < -0.39 is 0 Å². The number of halogens is 1. The summed E-state index contributed by atoms with van der Waals surface area (Å²) >= 11 is 6.29. The Morgan fingerprint density at radius 1 is 1.20 bits per heavy atom. The maximum absolute atomic E-state index is 12.6. The normalized spacial score (nSPS) is 16.6. The van der Waals surface area contributed by atoms with E-state index in [9.17, 15) is 9.90 Å². The minimum Gasteiger partial charge on any atom is -0.511 e. The molecule has 0 saturated heterocycles. The summed E-state index contributed by atoms with van der Waals surface area (Å²) in [5.41, 5.74) is 1.12. The summed E-state index contributed by atoms with van der Waals surface area (Å²) in [4.78, 5) is 16.8. The average Bonchev–Trinajstić information content (AvgIpc) is 2.75. The van der Waals surface area contributed by atoms with E-state index >= 15 is 0 Å². The molecule has 0 aromatic heterocycles. The third-order valence-electron chi connectivity index (χ3n) is 4.39. The van der Waals surface area contributed by atoms with Crippen LogP contribution in [0.3, 0.4) is 0 Å². The van der Waals surface area contributed by atoms with Gasteiger partial charge in [0.15, 0.2) is 5.78 Å². The number of ether oxygens (including phenoxy) is 3. The van der Waals surface area contributed by atoms with E-state index in [1.165, 1.54) is 6.21 Å². The molecule has 0 bridgehead atoms. The summed E-state index contributed by atoms with van der Waals surface area (Å²) in [5.74, 6) is 0.334. The molecule has 1 aromatic carbocycles. The molecule has 0 aliphatic heterocycles. The highest BCUT2D eigenvalue weighted by Gasteiger charge is 2.30. The monoisotopic (exact) mass is 439 g/mol. The second kappa shape index (κ2) is 15.0. The number of para-hydroxylation sites is 1. The lowest BCUT2D eigenvalue weighted by molar-refractivity contribution is -0.116. The van der Waals surface area contributed by atoms with Crippen molar-refractivity contribution in [3.05, 3.63) is 40.1 Å². The predicted octanol–water partition coefficient (Wildman–Crippen LogP) is 5.15. The number of carbonyl (C=O) groups excluding carboxylic acids is 1. The van der Waals surface area contributed by atoms with Crippen molar-refractivity contribution in [3.63, 3.8) is 0 Å². The van der Waals surface area contributed by atoms with Gasteiger partial charge in [0.2, 0.25) is 0 Å². The van der Waals surface area contributed by atoms with Crippen LogP contribution in [-0.4, -0.2) is 57.2 Å². The molecule has 30 heavy (non-hydrogen) atoms. The van der Waals surface area contributed by atoms with Crippen molar-refractivity contribution in [1.29, 1.82) is 0 Å². The van der Waals surface area contributed by atoms with Gasteiger partial charge in [-0.25, -0.2) is 0 Å². The topological polar surface area (TPSA) is 77.4 Å². The van der Waals surface area contributed by atoms with Crippen LogP contribution in [0.1, 0.15) is 51.5 Å². The minimum absolute atomic E-state index is 0.0479. The molecule has 7 heteroatoms. The minimum atomic E-state index is -0.174. The van der Waals surface area contributed by atoms with E-state index in [0.29, 0.717) is 50.2 Å². The molecule has 168 valence electrons. The van der Waals surface area contributed by atoms with E-state index in [-0.39, 0.29) is 29.5 Å². The van der Waals surface area contributed by atoms with E-state index in [4.69, 9.17) is 25.8 Å². The molecule has 0 spiro atoms. The molecule has 0 heterocycles. The summed E-state index contributed by atoms with van der Waals surface area (Å²) in [5, 5.41) is 10.9. The molecule has 0 fully saturated rings. The molecule has 1 aliphatic carbocycles. The first-order chi connectivity index (χ1) is 14.6. The van der Waals surface area contributed by atoms with Crippen LogP contribution in [0.2, 0.25) is 5.02 Å². The first kappa shape index (κ1) is 26.1. The summed E-state index contributed by atoms with van der Waals surface area (Å²) in [6.07, 6.45) is 2.92. The van der Waals surface area contributed by atoms with Gasteiger partial charge >= 0.3 is 0 Å². The SMILES string of the molecule is CC.CCCOc1c(Cl)cccc1C1CC(=O)C(C=NCCOCCOC)=C(O)C1. The van der Waals surface area contributed by atoms with Gasteiger partial charge in [-0.05, 0) is 18.1 Å². The number of benzene rings is 1. The van der Waals surface area contributed by atoms with Crippen LogP contribution in [0.5, 0.6) is 5.75 Å². The number of carbonyl (C=O) groups is 1. The number of hydrogen-bond acceptors (Lipinski definition) is 6. The molecule has 0 radical (unpaired) electrons. The van der Waals surface area contributed by atoms with Crippen molar-refractivity contribution in [1.82, 2.24) is 0 Å².